The lowest BCUT2D eigenvalue weighted by Gasteiger charge is -2.39. The maximum absolute atomic E-state index is 13.0. The Balaban J connectivity index is 1.47. The molecule has 0 aromatic heterocycles. The van der Waals surface area contributed by atoms with E-state index in [1.54, 1.807) is 12.1 Å². The van der Waals surface area contributed by atoms with Crippen LogP contribution in [0.2, 0.25) is 0 Å². The molecule has 1 aromatic carbocycles. The number of benzene rings is 1. The van der Waals surface area contributed by atoms with Gasteiger partial charge in [0.05, 0.1) is 6.04 Å². The third-order valence-corrected chi connectivity index (χ3v) is 5.05. The van der Waals surface area contributed by atoms with Crippen molar-refractivity contribution in [3.8, 4) is 0 Å². The van der Waals surface area contributed by atoms with Crippen molar-refractivity contribution in [1.82, 2.24) is 15.5 Å². The molecule has 3 rings (SSSR count). The van der Waals surface area contributed by atoms with Gasteiger partial charge in [-0.1, -0.05) is 0 Å². The van der Waals surface area contributed by atoms with Gasteiger partial charge in [-0.3, -0.25) is 14.5 Å². The first-order chi connectivity index (χ1) is 12.0. The minimum atomic E-state index is -0.230. The summed E-state index contributed by atoms with van der Waals surface area (Å²) in [4.78, 5) is 28.0. The average Bonchev–Trinajstić information content (AvgIpc) is 2.64. The molecule has 1 aromatic rings. The number of halogens is 1. The third-order valence-electron chi connectivity index (χ3n) is 5.05. The van der Waals surface area contributed by atoms with Gasteiger partial charge in [-0.05, 0) is 37.6 Å². The van der Waals surface area contributed by atoms with Gasteiger partial charge in [-0.25, -0.2) is 4.39 Å². The summed E-state index contributed by atoms with van der Waals surface area (Å²) in [6, 6.07) is 6.35. The van der Waals surface area contributed by atoms with Gasteiger partial charge in [-0.15, -0.1) is 0 Å². The molecule has 2 N–H and O–H groups in total. The van der Waals surface area contributed by atoms with Crippen LogP contribution in [0.25, 0.3) is 0 Å². The predicted molar refractivity (Wildman–Crippen MR) is 93.8 cm³/mol. The molecule has 0 spiro atoms. The second kappa shape index (κ2) is 7.82. The number of piperazine rings is 1. The number of amides is 2. The van der Waals surface area contributed by atoms with E-state index in [-0.39, 0.29) is 29.7 Å². The van der Waals surface area contributed by atoms with E-state index in [0.29, 0.717) is 19.4 Å². The largest absolute Gasteiger partial charge is 0.369 e. The van der Waals surface area contributed by atoms with Crippen molar-refractivity contribution in [3.63, 3.8) is 0 Å². The number of nitrogens with one attached hydrogen (secondary N) is 2. The first-order valence-corrected chi connectivity index (χ1v) is 8.84. The fourth-order valence-corrected chi connectivity index (χ4v) is 3.36. The van der Waals surface area contributed by atoms with Crippen molar-refractivity contribution in [1.29, 1.82) is 0 Å². The summed E-state index contributed by atoms with van der Waals surface area (Å²) in [7, 11) is 0. The Morgan fingerprint density at radius 3 is 2.52 bits per heavy atom. The molecule has 2 amide bonds. The van der Waals surface area contributed by atoms with Crippen LogP contribution in [0.15, 0.2) is 24.3 Å². The number of rotatable bonds is 4. The molecule has 2 atom stereocenters. The van der Waals surface area contributed by atoms with Gasteiger partial charge in [0.15, 0.2) is 0 Å². The Labute approximate surface area is 147 Å². The van der Waals surface area contributed by atoms with Crippen LogP contribution in [0.5, 0.6) is 0 Å². The maximum atomic E-state index is 13.0. The van der Waals surface area contributed by atoms with Gasteiger partial charge >= 0.3 is 0 Å². The molecule has 7 heteroatoms. The van der Waals surface area contributed by atoms with Gasteiger partial charge < -0.3 is 15.5 Å². The molecule has 6 nitrogen and oxygen atoms in total. The zero-order valence-electron chi connectivity index (χ0n) is 14.5. The van der Waals surface area contributed by atoms with Crippen molar-refractivity contribution >= 4 is 17.5 Å². The van der Waals surface area contributed by atoms with Crippen LogP contribution in [0, 0.1) is 5.82 Å². The summed E-state index contributed by atoms with van der Waals surface area (Å²) in [5.41, 5.74) is 1.01. The minimum Gasteiger partial charge on any atom is -0.369 e. The van der Waals surface area contributed by atoms with Crippen molar-refractivity contribution in [3.05, 3.63) is 30.1 Å². The lowest BCUT2D eigenvalue weighted by molar-refractivity contribution is -0.128. The van der Waals surface area contributed by atoms with E-state index in [0.717, 1.165) is 31.9 Å². The van der Waals surface area contributed by atoms with E-state index in [1.165, 1.54) is 12.1 Å². The third kappa shape index (κ3) is 4.48. The Morgan fingerprint density at radius 2 is 1.92 bits per heavy atom. The first kappa shape index (κ1) is 17.7. The molecule has 2 aliphatic rings. The van der Waals surface area contributed by atoms with E-state index in [4.69, 9.17) is 0 Å². The Bertz CT molecular complexity index is 604. The standard InChI is InChI=1S/C18H25FN4O2/c1-13(18(25)21-15-4-7-17(24)20-12-15)22-8-10-23(11-9-22)16-5-2-14(19)3-6-16/h2-3,5-6,13,15H,4,7-12H2,1H3,(H,20,24)(H,21,25). The van der Waals surface area contributed by atoms with Crippen molar-refractivity contribution in [2.75, 3.05) is 37.6 Å². The zero-order valence-corrected chi connectivity index (χ0v) is 14.5. The van der Waals surface area contributed by atoms with Crippen LogP contribution in [0.1, 0.15) is 19.8 Å². The maximum Gasteiger partial charge on any atom is 0.237 e. The summed E-state index contributed by atoms with van der Waals surface area (Å²) in [5.74, 6) is -0.168. The fourth-order valence-electron chi connectivity index (χ4n) is 3.36. The summed E-state index contributed by atoms with van der Waals surface area (Å²) in [6.45, 7) is 5.62. The number of hydrogen-bond acceptors (Lipinski definition) is 4. The van der Waals surface area contributed by atoms with Gasteiger partial charge in [0.1, 0.15) is 5.82 Å². The second-order valence-electron chi connectivity index (χ2n) is 6.72. The summed E-state index contributed by atoms with van der Waals surface area (Å²) < 4.78 is 13.0. The molecule has 2 fully saturated rings. The lowest BCUT2D eigenvalue weighted by atomic mass is 10.1. The van der Waals surface area contributed by atoms with Crippen molar-refractivity contribution in [2.45, 2.75) is 31.8 Å². The molecule has 0 aliphatic carbocycles. The molecule has 2 saturated heterocycles. The van der Waals surface area contributed by atoms with E-state index < -0.39 is 0 Å². The summed E-state index contributed by atoms with van der Waals surface area (Å²) in [5, 5.41) is 5.82. The monoisotopic (exact) mass is 348 g/mol. The lowest BCUT2D eigenvalue weighted by Crippen LogP contribution is -2.56. The van der Waals surface area contributed by atoms with Crippen LogP contribution < -0.4 is 15.5 Å². The number of carbonyl (C=O) groups excluding carboxylic acids is 2. The Morgan fingerprint density at radius 1 is 1.24 bits per heavy atom. The number of carbonyl (C=O) groups is 2. The number of anilines is 1. The molecular weight excluding hydrogens is 323 g/mol. The molecular formula is C18H25FN4O2. The highest BCUT2D eigenvalue weighted by Gasteiger charge is 2.28. The van der Waals surface area contributed by atoms with Crippen LogP contribution in [-0.2, 0) is 9.59 Å². The van der Waals surface area contributed by atoms with Gasteiger partial charge in [-0.2, -0.15) is 0 Å². The zero-order chi connectivity index (χ0) is 17.8. The predicted octanol–water partition coefficient (Wildman–Crippen LogP) is 0.731. The molecule has 0 saturated carbocycles. The van der Waals surface area contributed by atoms with Crippen molar-refractivity contribution < 1.29 is 14.0 Å². The molecule has 2 unspecified atom stereocenters. The van der Waals surface area contributed by atoms with Gasteiger partial charge in [0, 0.05) is 50.9 Å². The smallest absolute Gasteiger partial charge is 0.237 e. The quantitative estimate of drug-likeness (QED) is 0.842. The molecule has 25 heavy (non-hydrogen) atoms. The Hall–Kier alpha value is -2.15. The second-order valence-corrected chi connectivity index (χ2v) is 6.72. The van der Waals surface area contributed by atoms with Gasteiger partial charge in [0.25, 0.3) is 0 Å². The molecule has 0 radical (unpaired) electrons. The van der Waals surface area contributed by atoms with E-state index in [9.17, 15) is 14.0 Å². The Kier molecular flexibility index (Phi) is 5.53. The van der Waals surface area contributed by atoms with Crippen LogP contribution in [-0.4, -0.2) is 61.5 Å². The molecule has 2 heterocycles. The van der Waals surface area contributed by atoms with Crippen LogP contribution in [0.3, 0.4) is 0 Å². The highest BCUT2D eigenvalue weighted by Crippen LogP contribution is 2.18. The summed E-state index contributed by atoms with van der Waals surface area (Å²) in [6.07, 6.45) is 1.16. The topological polar surface area (TPSA) is 64.7 Å². The van der Waals surface area contributed by atoms with Crippen LogP contribution >= 0.6 is 0 Å². The number of hydrogen-bond donors (Lipinski definition) is 2. The van der Waals surface area contributed by atoms with E-state index in [1.807, 2.05) is 6.92 Å². The highest BCUT2D eigenvalue weighted by molar-refractivity contribution is 5.82. The van der Waals surface area contributed by atoms with E-state index >= 15 is 0 Å². The number of nitrogens with zero attached hydrogens (tertiary/aromatic N) is 2. The number of piperidine rings is 1. The minimum absolute atomic E-state index is 0.0105. The van der Waals surface area contributed by atoms with Gasteiger partial charge in [0.2, 0.25) is 11.8 Å². The first-order valence-electron chi connectivity index (χ1n) is 8.84. The average molecular weight is 348 g/mol. The normalized spacial score (nSPS) is 23.0. The highest BCUT2D eigenvalue weighted by atomic mass is 19.1. The van der Waals surface area contributed by atoms with Crippen LogP contribution in [0.4, 0.5) is 10.1 Å². The summed E-state index contributed by atoms with van der Waals surface area (Å²) >= 11 is 0. The van der Waals surface area contributed by atoms with E-state index in [2.05, 4.69) is 20.4 Å². The van der Waals surface area contributed by atoms with Crippen molar-refractivity contribution in [2.24, 2.45) is 0 Å². The molecule has 0 bridgehead atoms. The molecule has 2 aliphatic heterocycles. The SMILES string of the molecule is CC(C(=O)NC1CCC(=O)NC1)N1CCN(c2ccc(F)cc2)CC1. The molecule has 136 valence electrons. The fraction of sp³-hybridized carbons (Fsp3) is 0.556.